The Morgan fingerprint density at radius 3 is 2.72 bits per heavy atom. The van der Waals surface area contributed by atoms with Gasteiger partial charge in [0, 0.05) is 24.8 Å². The first kappa shape index (κ1) is 13.0. The fourth-order valence-corrected chi connectivity index (χ4v) is 2.97. The van der Waals surface area contributed by atoms with Crippen LogP contribution in [0.15, 0.2) is 29.8 Å². The van der Waals surface area contributed by atoms with Crippen molar-refractivity contribution in [1.82, 2.24) is 4.98 Å². The summed E-state index contributed by atoms with van der Waals surface area (Å²) in [7, 11) is 1.56. The molecular weight excluding hydrogens is 253 g/mol. The predicted octanol–water partition coefficient (Wildman–Crippen LogP) is 3.29. The van der Waals surface area contributed by atoms with Crippen molar-refractivity contribution < 1.29 is 14.2 Å². The number of nitrogens with zero attached hydrogens (tertiary/aromatic N) is 1. The van der Waals surface area contributed by atoms with Crippen molar-refractivity contribution in [3.05, 3.63) is 46.2 Å². The Morgan fingerprint density at radius 1 is 1.44 bits per heavy atom. The molecule has 0 saturated heterocycles. The third-order valence-electron chi connectivity index (χ3n) is 2.97. The average Bonchev–Trinajstić information content (AvgIpc) is 2.84. The van der Waals surface area contributed by atoms with E-state index in [0.29, 0.717) is 12.0 Å². The second-order valence-electron chi connectivity index (χ2n) is 3.92. The molecule has 0 unspecified atom stereocenters. The molecule has 0 bridgehead atoms. The number of methoxy groups -OCH3 is 1. The van der Waals surface area contributed by atoms with Crippen LogP contribution in [0.3, 0.4) is 0 Å². The summed E-state index contributed by atoms with van der Waals surface area (Å²) in [6.07, 6.45) is 2.28. The molecule has 2 rings (SSSR count). The van der Waals surface area contributed by atoms with E-state index in [4.69, 9.17) is 4.74 Å². The lowest BCUT2D eigenvalue weighted by Crippen LogP contribution is -2.29. The highest BCUT2D eigenvalue weighted by atomic mass is 32.1. The standard InChI is InChI=1S/C13H14FNO2S/c1-3-13(17-2,12-15-4-5-18-12)9-6-10(14)8-11(16)7-9/h4-8,16H,3H2,1-2H3/t13-/m1/s1. The fraction of sp³-hybridized carbons (Fsp3) is 0.308. The molecule has 0 aliphatic heterocycles. The van der Waals surface area contributed by atoms with E-state index in [2.05, 4.69) is 4.98 Å². The van der Waals surface area contributed by atoms with Crippen LogP contribution in [0.1, 0.15) is 23.9 Å². The van der Waals surface area contributed by atoms with Gasteiger partial charge in [0.15, 0.2) is 0 Å². The zero-order valence-corrected chi connectivity index (χ0v) is 11.0. The smallest absolute Gasteiger partial charge is 0.144 e. The van der Waals surface area contributed by atoms with Crippen LogP contribution in [0.2, 0.25) is 0 Å². The highest BCUT2D eigenvalue weighted by molar-refractivity contribution is 7.09. The summed E-state index contributed by atoms with van der Waals surface area (Å²) in [4.78, 5) is 4.26. The monoisotopic (exact) mass is 267 g/mol. The summed E-state index contributed by atoms with van der Waals surface area (Å²) in [5, 5.41) is 12.1. The van der Waals surface area contributed by atoms with Gasteiger partial charge in [-0.15, -0.1) is 11.3 Å². The minimum absolute atomic E-state index is 0.114. The summed E-state index contributed by atoms with van der Waals surface area (Å²) in [5.74, 6) is -0.604. The molecule has 96 valence electrons. The topological polar surface area (TPSA) is 42.4 Å². The lowest BCUT2D eigenvalue weighted by atomic mass is 9.91. The summed E-state index contributed by atoms with van der Waals surface area (Å²) in [6.45, 7) is 1.94. The van der Waals surface area contributed by atoms with E-state index in [1.54, 1.807) is 13.3 Å². The number of aromatic hydroxyl groups is 1. The van der Waals surface area contributed by atoms with Crippen LogP contribution in [-0.2, 0) is 10.3 Å². The Morgan fingerprint density at radius 2 is 2.22 bits per heavy atom. The number of hydrogen-bond acceptors (Lipinski definition) is 4. The van der Waals surface area contributed by atoms with E-state index in [1.165, 1.54) is 23.5 Å². The van der Waals surface area contributed by atoms with Gasteiger partial charge >= 0.3 is 0 Å². The third kappa shape index (κ3) is 2.11. The van der Waals surface area contributed by atoms with Crippen LogP contribution >= 0.6 is 11.3 Å². The average molecular weight is 267 g/mol. The van der Waals surface area contributed by atoms with Gasteiger partial charge in [-0.3, -0.25) is 0 Å². The second-order valence-corrected chi connectivity index (χ2v) is 4.81. The molecule has 0 spiro atoms. The number of phenolic OH excluding ortho intramolecular Hbond substituents is 1. The van der Waals surface area contributed by atoms with Gasteiger partial charge in [-0.25, -0.2) is 9.37 Å². The molecular formula is C13H14FNO2S. The van der Waals surface area contributed by atoms with Gasteiger partial charge in [0.2, 0.25) is 0 Å². The zero-order valence-electron chi connectivity index (χ0n) is 10.2. The van der Waals surface area contributed by atoms with Crippen LogP contribution in [0, 0.1) is 5.82 Å². The van der Waals surface area contributed by atoms with Crippen molar-refractivity contribution in [2.45, 2.75) is 18.9 Å². The van der Waals surface area contributed by atoms with E-state index < -0.39 is 11.4 Å². The molecule has 1 N–H and O–H groups in total. The van der Waals surface area contributed by atoms with Crippen LogP contribution in [-0.4, -0.2) is 17.2 Å². The van der Waals surface area contributed by atoms with Crippen molar-refractivity contribution in [2.24, 2.45) is 0 Å². The second kappa shape index (κ2) is 5.04. The van der Waals surface area contributed by atoms with E-state index in [0.717, 1.165) is 11.1 Å². The first-order chi connectivity index (χ1) is 8.62. The Bertz CT molecular complexity index is 504. The fourth-order valence-electron chi connectivity index (χ4n) is 2.06. The highest BCUT2D eigenvalue weighted by Crippen LogP contribution is 2.38. The number of phenols is 1. The largest absolute Gasteiger partial charge is 0.508 e. The maximum absolute atomic E-state index is 13.4. The lowest BCUT2D eigenvalue weighted by Gasteiger charge is -2.29. The molecule has 0 saturated carbocycles. The van der Waals surface area contributed by atoms with Crippen molar-refractivity contribution in [1.29, 1.82) is 0 Å². The van der Waals surface area contributed by atoms with Gasteiger partial charge in [-0.05, 0) is 24.1 Å². The third-order valence-corrected chi connectivity index (χ3v) is 3.89. The van der Waals surface area contributed by atoms with E-state index >= 15 is 0 Å². The molecule has 1 aromatic carbocycles. The Balaban J connectivity index is 2.60. The Labute approximate surface area is 109 Å². The molecule has 1 aromatic heterocycles. The molecule has 0 aliphatic rings. The number of thiazole rings is 1. The first-order valence-electron chi connectivity index (χ1n) is 5.57. The maximum atomic E-state index is 13.4. The van der Waals surface area contributed by atoms with E-state index in [9.17, 15) is 9.50 Å². The summed E-state index contributed by atoms with van der Waals surface area (Å²) in [6, 6.07) is 3.95. The molecule has 3 nitrogen and oxygen atoms in total. The SMILES string of the molecule is CC[C@@](OC)(c1cc(O)cc(F)c1)c1nccs1. The molecule has 18 heavy (non-hydrogen) atoms. The van der Waals surface area contributed by atoms with Crippen LogP contribution < -0.4 is 0 Å². The van der Waals surface area contributed by atoms with Crippen molar-refractivity contribution in [3.63, 3.8) is 0 Å². The summed E-state index contributed by atoms with van der Waals surface area (Å²) < 4.78 is 19.0. The van der Waals surface area contributed by atoms with Gasteiger partial charge in [0.25, 0.3) is 0 Å². The first-order valence-corrected chi connectivity index (χ1v) is 6.45. The van der Waals surface area contributed by atoms with Crippen LogP contribution in [0.25, 0.3) is 0 Å². The Kier molecular flexibility index (Phi) is 3.63. The molecule has 0 aliphatic carbocycles. The number of aromatic nitrogens is 1. The number of ether oxygens (including phenoxy) is 1. The van der Waals surface area contributed by atoms with Crippen LogP contribution in [0.5, 0.6) is 5.75 Å². The predicted molar refractivity (Wildman–Crippen MR) is 68.3 cm³/mol. The Hall–Kier alpha value is -1.46. The van der Waals surface area contributed by atoms with Gasteiger partial charge in [-0.1, -0.05) is 6.92 Å². The zero-order chi connectivity index (χ0) is 13.2. The summed E-state index contributed by atoms with van der Waals surface area (Å²) in [5.41, 5.74) is -0.242. The van der Waals surface area contributed by atoms with Crippen molar-refractivity contribution in [2.75, 3.05) is 7.11 Å². The number of benzene rings is 1. The number of hydrogen-bond donors (Lipinski definition) is 1. The highest BCUT2D eigenvalue weighted by Gasteiger charge is 2.35. The van der Waals surface area contributed by atoms with Crippen molar-refractivity contribution >= 4 is 11.3 Å². The lowest BCUT2D eigenvalue weighted by molar-refractivity contribution is 0.0180. The quantitative estimate of drug-likeness (QED) is 0.924. The summed E-state index contributed by atoms with van der Waals surface area (Å²) >= 11 is 1.45. The van der Waals surface area contributed by atoms with Crippen LogP contribution in [0.4, 0.5) is 4.39 Å². The molecule has 1 heterocycles. The minimum Gasteiger partial charge on any atom is -0.508 e. The molecule has 1 atom stereocenters. The molecule has 0 amide bonds. The molecule has 5 heteroatoms. The van der Waals surface area contributed by atoms with Gasteiger partial charge in [0.1, 0.15) is 22.2 Å². The minimum atomic E-state index is -0.812. The van der Waals surface area contributed by atoms with Gasteiger partial charge < -0.3 is 9.84 Å². The van der Waals surface area contributed by atoms with Gasteiger partial charge in [-0.2, -0.15) is 0 Å². The molecule has 2 aromatic rings. The van der Waals surface area contributed by atoms with E-state index in [1.807, 2.05) is 12.3 Å². The number of halogens is 1. The van der Waals surface area contributed by atoms with Gasteiger partial charge in [0.05, 0.1) is 0 Å². The van der Waals surface area contributed by atoms with Crippen molar-refractivity contribution in [3.8, 4) is 5.75 Å². The normalized spacial score (nSPS) is 14.4. The maximum Gasteiger partial charge on any atom is 0.144 e. The molecule has 0 fully saturated rings. The number of rotatable bonds is 4. The molecule has 0 radical (unpaired) electrons. The van der Waals surface area contributed by atoms with E-state index in [-0.39, 0.29) is 5.75 Å².